The fourth-order valence-electron chi connectivity index (χ4n) is 2.81. The van der Waals surface area contributed by atoms with Gasteiger partial charge in [-0.3, -0.25) is 4.79 Å². The summed E-state index contributed by atoms with van der Waals surface area (Å²) in [5.74, 6) is 1.33. The number of carbonyl (C=O) groups is 1. The Balaban J connectivity index is 1.44. The number of rotatable bonds is 10. The zero-order valence-corrected chi connectivity index (χ0v) is 19.9. The zero-order valence-electron chi connectivity index (χ0n) is 18.3. The van der Waals surface area contributed by atoms with Crippen molar-refractivity contribution in [3.63, 3.8) is 0 Å². The first-order valence-electron chi connectivity index (χ1n) is 10.2. The Morgan fingerprint density at radius 3 is 2.47 bits per heavy atom. The fourth-order valence-corrected chi connectivity index (χ4v) is 4.91. The molecule has 7 nitrogen and oxygen atoms in total. The van der Waals surface area contributed by atoms with Crippen LogP contribution < -0.4 is 5.32 Å². The fraction of sp³-hybridized carbons (Fsp3) is 0.304. The van der Waals surface area contributed by atoms with Gasteiger partial charge in [0, 0.05) is 31.0 Å². The van der Waals surface area contributed by atoms with Crippen molar-refractivity contribution in [1.82, 2.24) is 14.6 Å². The molecule has 1 heterocycles. The molecule has 0 fully saturated rings. The standard InChI is InChI=1S/C23H27N3O4S2/c1-17(2)26(3)32(28,29)21-11-9-18(10-12-21)13-24-22(27)16-31-15-20-14-30-23(25-20)19-7-5-4-6-8-19/h4-12,14,17H,13,15-16H2,1-3H3,(H,24,27). The van der Waals surface area contributed by atoms with E-state index in [2.05, 4.69) is 10.3 Å². The van der Waals surface area contributed by atoms with Gasteiger partial charge in [-0.1, -0.05) is 30.3 Å². The zero-order chi connectivity index (χ0) is 23.1. The summed E-state index contributed by atoms with van der Waals surface area (Å²) in [6.45, 7) is 3.98. The molecule has 0 radical (unpaired) electrons. The van der Waals surface area contributed by atoms with Gasteiger partial charge in [-0.15, -0.1) is 11.8 Å². The summed E-state index contributed by atoms with van der Waals surface area (Å²) in [5, 5.41) is 2.85. The van der Waals surface area contributed by atoms with E-state index >= 15 is 0 Å². The van der Waals surface area contributed by atoms with E-state index in [0.29, 0.717) is 23.9 Å². The predicted octanol–water partition coefficient (Wildman–Crippen LogP) is 3.92. The van der Waals surface area contributed by atoms with Crippen LogP contribution in [0.1, 0.15) is 25.1 Å². The molecule has 0 spiro atoms. The van der Waals surface area contributed by atoms with Crippen LogP contribution >= 0.6 is 11.8 Å². The van der Waals surface area contributed by atoms with Gasteiger partial charge in [-0.25, -0.2) is 13.4 Å². The topological polar surface area (TPSA) is 92.5 Å². The average Bonchev–Trinajstić information content (AvgIpc) is 3.27. The minimum absolute atomic E-state index is 0.0991. The number of nitrogens with zero attached hydrogens (tertiary/aromatic N) is 2. The quantitative estimate of drug-likeness (QED) is 0.480. The maximum absolute atomic E-state index is 12.5. The van der Waals surface area contributed by atoms with E-state index in [4.69, 9.17) is 4.42 Å². The summed E-state index contributed by atoms with van der Waals surface area (Å²) in [6.07, 6.45) is 1.61. The number of carbonyl (C=O) groups excluding carboxylic acids is 1. The third-order valence-electron chi connectivity index (χ3n) is 4.87. The van der Waals surface area contributed by atoms with Crippen LogP contribution in [0, 0.1) is 0 Å². The van der Waals surface area contributed by atoms with Crippen molar-refractivity contribution >= 4 is 27.7 Å². The second kappa shape index (κ2) is 10.8. The summed E-state index contributed by atoms with van der Waals surface area (Å²) in [4.78, 5) is 16.8. The van der Waals surface area contributed by atoms with Crippen LogP contribution in [-0.4, -0.2) is 42.5 Å². The lowest BCUT2D eigenvalue weighted by Crippen LogP contribution is -2.33. The lowest BCUT2D eigenvalue weighted by atomic mass is 10.2. The van der Waals surface area contributed by atoms with Crippen LogP contribution in [-0.2, 0) is 27.1 Å². The molecule has 0 aliphatic rings. The molecule has 1 aromatic heterocycles. The van der Waals surface area contributed by atoms with Crippen LogP contribution in [0.25, 0.3) is 11.5 Å². The molecular formula is C23H27N3O4S2. The Morgan fingerprint density at radius 2 is 1.81 bits per heavy atom. The van der Waals surface area contributed by atoms with Crippen LogP contribution in [0.5, 0.6) is 0 Å². The van der Waals surface area contributed by atoms with Gasteiger partial charge in [0.25, 0.3) is 0 Å². The van der Waals surface area contributed by atoms with Crippen molar-refractivity contribution in [2.24, 2.45) is 0 Å². The van der Waals surface area contributed by atoms with Gasteiger partial charge in [0.15, 0.2) is 0 Å². The Kier molecular flexibility index (Phi) is 8.11. The molecule has 2 aromatic carbocycles. The molecule has 0 aliphatic heterocycles. The highest BCUT2D eigenvalue weighted by molar-refractivity contribution is 7.99. The van der Waals surface area contributed by atoms with E-state index in [1.54, 1.807) is 37.6 Å². The number of sulfonamides is 1. The minimum atomic E-state index is -3.51. The van der Waals surface area contributed by atoms with Crippen LogP contribution in [0.4, 0.5) is 0 Å². The summed E-state index contributed by atoms with van der Waals surface area (Å²) in [5.41, 5.74) is 2.53. The maximum atomic E-state index is 12.5. The monoisotopic (exact) mass is 473 g/mol. The molecule has 0 bridgehead atoms. The Hall–Kier alpha value is -2.62. The van der Waals surface area contributed by atoms with E-state index in [0.717, 1.165) is 16.8 Å². The average molecular weight is 474 g/mol. The van der Waals surface area contributed by atoms with Crippen molar-refractivity contribution in [1.29, 1.82) is 0 Å². The van der Waals surface area contributed by atoms with E-state index in [1.807, 2.05) is 44.2 Å². The van der Waals surface area contributed by atoms with Crippen LogP contribution in [0.3, 0.4) is 0 Å². The first-order chi connectivity index (χ1) is 15.3. The van der Waals surface area contributed by atoms with Crippen molar-refractivity contribution < 1.29 is 17.6 Å². The lowest BCUT2D eigenvalue weighted by Gasteiger charge is -2.21. The molecule has 0 aliphatic carbocycles. The maximum Gasteiger partial charge on any atom is 0.243 e. The highest BCUT2D eigenvalue weighted by atomic mass is 32.2. The van der Waals surface area contributed by atoms with E-state index in [1.165, 1.54) is 16.1 Å². The largest absolute Gasteiger partial charge is 0.444 e. The predicted molar refractivity (Wildman–Crippen MR) is 126 cm³/mol. The molecule has 32 heavy (non-hydrogen) atoms. The van der Waals surface area contributed by atoms with Gasteiger partial charge in [0.05, 0.1) is 16.3 Å². The summed E-state index contributed by atoms with van der Waals surface area (Å²) in [7, 11) is -1.95. The van der Waals surface area contributed by atoms with E-state index < -0.39 is 10.0 Å². The molecular weight excluding hydrogens is 446 g/mol. The summed E-state index contributed by atoms with van der Waals surface area (Å²) >= 11 is 1.45. The number of benzene rings is 2. The molecule has 0 unspecified atom stereocenters. The molecule has 1 amide bonds. The Labute approximate surface area is 193 Å². The van der Waals surface area contributed by atoms with Gasteiger partial charge in [0.1, 0.15) is 6.26 Å². The number of hydrogen-bond donors (Lipinski definition) is 1. The Bertz CT molecular complexity index is 1130. The van der Waals surface area contributed by atoms with Crippen molar-refractivity contribution in [2.75, 3.05) is 12.8 Å². The highest BCUT2D eigenvalue weighted by Gasteiger charge is 2.22. The van der Waals surface area contributed by atoms with Gasteiger partial charge in [-0.2, -0.15) is 4.31 Å². The number of hydrogen-bond acceptors (Lipinski definition) is 6. The van der Waals surface area contributed by atoms with Crippen molar-refractivity contribution in [3.8, 4) is 11.5 Å². The van der Waals surface area contributed by atoms with E-state index in [-0.39, 0.29) is 16.8 Å². The molecule has 170 valence electrons. The van der Waals surface area contributed by atoms with Crippen molar-refractivity contribution in [3.05, 3.63) is 72.1 Å². The first-order valence-corrected chi connectivity index (χ1v) is 12.8. The Morgan fingerprint density at radius 1 is 1.12 bits per heavy atom. The molecule has 9 heteroatoms. The molecule has 0 saturated heterocycles. The number of aromatic nitrogens is 1. The normalized spacial score (nSPS) is 11.8. The molecule has 3 rings (SSSR count). The lowest BCUT2D eigenvalue weighted by molar-refractivity contribution is -0.118. The first kappa shape index (κ1) is 24.0. The summed E-state index contributed by atoms with van der Waals surface area (Å²) in [6, 6.07) is 16.1. The van der Waals surface area contributed by atoms with Gasteiger partial charge >= 0.3 is 0 Å². The molecule has 1 N–H and O–H groups in total. The van der Waals surface area contributed by atoms with Crippen LogP contribution in [0.2, 0.25) is 0 Å². The number of thioether (sulfide) groups is 1. The number of oxazole rings is 1. The third-order valence-corrected chi connectivity index (χ3v) is 7.89. The number of amides is 1. The van der Waals surface area contributed by atoms with E-state index in [9.17, 15) is 13.2 Å². The molecule has 0 atom stereocenters. The second-order valence-electron chi connectivity index (χ2n) is 7.54. The van der Waals surface area contributed by atoms with Gasteiger partial charge in [0.2, 0.25) is 21.8 Å². The third kappa shape index (κ3) is 6.21. The minimum Gasteiger partial charge on any atom is -0.444 e. The highest BCUT2D eigenvalue weighted by Crippen LogP contribution is 2.20. The summed E-state index contributed by atoms with van der Waals surface area (Å²) < 4.78 is 31.9. The van der Waals surface area contributed by atoms with Crippen LogP contribution in [0.15, 0.2) is 70.2 Å². The molecule has 0 saturated carbocycles. The smallest absolute Gasteiger partial charge is 0.243 e. The van der Waals surface area contributed by atoms with Gasteiger partial charge in [-0.05, 0) is 43.7 Å². The van der Waals surface area contributed by atoms with Gasteiger partial charge < -0.3 is 9.73 Å². The van der Waals surface area contributed by atoms with Crippen molar-refractivity contribution in [2.45, 2.75) is 37.1 Å². The number of nitrogens with one attached hydrogen (secondary N) is 1. The second-order valence-corrected chi connectivity index (χ2v) is 10.5. The SMILES string of the molecule is CC(C)N(C)S(=O)(=O)c1ccc(CNC(=O)CSCc2coc(-c3ccccc3)n2)cc1. The molecule has 3 aromatic rings.